The molecular weight excluding hydrogens is 1060 g/mol. The van der Waals surface area contributed by atoms with Gasteiger partial charge in [-0.1, -0.05) is 155 Å². The number of fused-ring (bicyclic) bond motifs is 4. The zero-order chi connectivity index (χ0) is 38.6. The van der Waals surface area contributed by atoms with Crippen LogP contribution in [-0.2, 0) is 20.8 Å². The van der Waals surface area contributed by atoms with Gasteiger partial charge in [0.25, 0.3) is 0 Å². The molecule has 2 aromatic carbocycles. The third-order valence-electron chi connectivity index (χ3n) is 15.4. The van der Waals surface area contributed by atoms with Crippen molar-refractivity contribution in [2.75, 3.05) is 0 Å². The minimum absolute atomic E-state index is 0. The van der Waals surface area contributed by atoms with Gasteiger partial charge in [-0.25, -0.2) is 0 Å². The van der Waals surface area contributed by atoms with E-state index in [1.165, 1.54) is 93.7 Å². The average molecular weight is 1120 g/mol. The molecule has 8 rings (SSSR count). The summed E-state index contributed by atoms with van der Waals surface area (Å²) in [5.74, 6) is 8.46. The Morgan fingerprint density at radius 1 is 0.618 bits per heavy atom. The molecular formula is C48H66Br4Cl2Zr. The molecule has 0 aromatic heterocycles. The fourth-order valence-corrected chi connectivity index (χ4v) is 16.9. The molecule has 304 valence electrons. The summed E-state index contributed by atoms with van der Waals surface area (Å²) in [5, 5.41) is 0. The van der Waals surface area contributed by atoms with E-state index in [0.717, 1.165) is 57.0 Å². The molecule has 0 spiro atoms. The van der Waals surface area contributed by atoms with E-state index >= 15 is 0 Å². The summed E-state index contributed by atoms with van der Waals surface area (Å²) in [7, 11) is 9.87. The van der Waals surface area contributed by atoms with E-state index in [4.69, 9.17) is 17.0 Å². The molecule has 6 aliphatic rings. The summed E-state index contributed by atoms with van der Waals surface area (Å²) in [5.41, 5.74) is 9.05. The number of rotatable bonds is 4. The molecule has 2 aromatic rings. The zero-order valence-corrected chi connectivity index (χ0v) is 45.3. The number of hydrogen-bond donors (Lipinski definition) is 0. The van der Waals surface area contributed by atoms with E-state index in [1.807, 2.05) is 0 Å². The van der Waals surface area contributed by atoms with Crippen molar-refractivity contribution >= 4 is 91.9 Å². The van der Waals surface area contributed by atoms with Crippen LogP contribution in [0.1, 0.15) is 141 Å². The first-order valence-corrected chi connectivity index (χ1v) is 30.0. The van der Waals surface area contributed by atoms with Gasteiger partial charge in [-0.15, -0.1) is 0 Å². The molecule has 0 saturated heterocycles. The molecule has 4 fully saturated rings. The molecule has 12 unspecified atom stereocenters. The van der Waals surface area contributed by atoms with E-state index in [2.05, 4.69) is 168 Å². The first-order chi connectivity index (χ1) is 25.1. The van der Waals surface area contributed by atoms with Crippen LogP contribution in [0.25, 0.3) is 11.1 Å². The molecule has 0 bridgehead atoms. The first kappa shape index (κ1) is 49.0. The van der Waals surface area contributed by atoms with Gasteiger partial charge < -0.3 is 14.9 Å². The topological polar surface area (TPSA) is 0 Å². The van der Waals surface area contributed by atoms with Gasteiger partial charge >= 0.3 is 37.9 Å². The monoisotopic (exact) mass is 1120 g/mol. The quantitative estimate of drug-likeness (QED) is 0.211. The molecule has 4 saturated carbocycles. The van der Waals surface area contributed by atoms with Gasteiger partial charge in [-0.3, -0.25) is 0 Å². The van der Waals surface area contributed by atoms with E-state index in [-0.39, 0.29) is 20.3 Å². The molecule has 0 heterocycles. The molecule has 55 heavy (non-hydrogen) atoms. The van der Waals surface area contributed by atoms with E-state index < -0.39 is 20.8 Å². The second-order valence-electron chi connectivity index (χ2n) is 18.8. The van der Waals surface area contributed by atoms with Gasteiger partial charge in [0, 0.05) is 30.4 Å². The minimum atomic E-state index is -0.826. The predicted octanol–water partition coefficient (Wildman–Crippen LogP) is 17.9. The van der Waals surface area contributed by atoms with Crippen LogP contribution in [0.3, 0.4) is 0 Å². The van der Waals surface area contributed by atoms with Crippen LogP contribution in [-0.4, -0.2) is 9.65 Å². The summed E-state index contributed by atoms with van der Waals surface area (Å²) < 4.78 is 2.41. The standard InChI is InChI=1S/C23H38Br2.C23H22Br2.2CH3.2ClH.Zr/c2*1-13-11-17(15-7-5-9-19(24)21(13)15)23(3,4)18-12-14(2)22-16(18)8-6-10-20(22)25;;;;;/h13-22H,5-12H2,1-4H3;5-12,17-18H,1-4H3;2*1H3;2*1H;/q;;2*-1;;;+4/p-2. The van der Waals surface area contributed by atoms with Crippen LogP contribution in [0, 0.1) is 73.0 Å². The number of hydrogen-bond acceptors (Lipinski definition) is 0. The van der Waals surface area contributed by atoms with Crippen molar-refractivity contribution in [1.29, 1.82) is 0 Å². The second-order valence-corrected chi connectivity index (χ2v) is 26.6. The van der Waals surface area contributed by atoms with Crippen molar-refractivity contribution in [3.8, 4) is 0 Å². The van der Waals surface area contributed by atoms with Gasteiger partial charge in [0.15, 0.2) is 0 Å². The summed E-state index contributed by atoms with van der Waals surface area (Å²) in [6.45, 7) is 19.8. The Morgan fingerprint density at radius 2 is 0.982 bits per heavy atom. The van der Waals surface area contributed by atoms with Crippen molar-refractivity contribution in [3.63, 3.8) is 0 Å². The van der Waals surface area contributed by atoms with Crippen LogP contribution >= 0.6 is 80.7 Å². The van der Waals surface area contributed by atoms with Crippen LogP contribution in [0.5, 0.6) is 0 Å². The van der Waals surface area contributed by atoms with Crippen molar-refractivity contribution < 1.29 is 20.8 Å². The average Bonchev–Trinajstić information content (AvgIpc) is 3.85. The third kappa shape index (κ3) is 9.40. The molecule has 6 aliphatic carbocycles. The Balaban J connectivity index is 0.000000221. The van der Waals surface area contributed by atoms with E-state index in [0.29, 0.717) is 17.3 Å². The van der Waals surface area contributed by atoms with Crippen LogP contribution < -0.4 is 0 Å². The Hall–Kier alpha value is 1.30. The summed E-state index contributed by atoms with van der Waals surface area (Å²) >= 11 is 14.8. The predicted molar refractivity (Wildman–Crippen MR) is 255 cm³/mol. The number of alkyl halides is 2. The fourth-order valence-electron chi connectivity index (χ4n) is 13.1. The number of halogens is 6. The summed E-state index contributed by atoms with van der Waals surface area (Å²) in [6, 6.07) is 13.2. The van der Waals surface area contributed by atoms with Crippen LogP contribution in [0.2, 0.25) is 0 Å². The molecule has 0 amide bonds. The Labute approximate surface area is 389 Å². The molecule has 12 atom stereocenters. The van der Waals surface area contributed by atoms with Crippen LogP contribution in [0.15, 0.2) is 57.5 Å². The molecule has 0 radical (unpaired) electrons. The number of allylic oxidation sites excluding steroid dienone is 4. The van der Waals surface area contributed by atoms with Crippen LogP contribution in [0.4, 0.5) is 0 Å². The Bertz CT molecular complexity index is 1570. The normalized spacial score (nSPS) is 34.4. The van der Waals surface area contributed by atoms with Gasteiger partial charge in [0.1, 0.15) is 0 Å². The van der Waals surface area contributed by atoms with Gasteiger partial charge in [-0.05, 0) is 156 Å². The maximum atomic E-state index is 4.93. The third-order valence-corrected chi connectivity index (χ3v) is 18.8. The zero-order valence-electron chi connectivity index (χ0n) is 35.0. The fraction of sp³-hybridized carbons (Fsp3) is 0.625. The second kappa shape index (κ2) is 20.0. The molecule has 0 N–H and O–H groups in total. The molecule has 0 aliphatic heterocycles. The SMILES string of the molecule is CC1=CC(C(C)(C)C2C=C(C)c3c(Br)cccc32)c2cccc(Br)c21.CC1CC(C(C)(C)C2CC(C)C3C(Br)CCCC32)C2CCCC(Br)C12.[CH3-].[CH3-].[Cl][Zr+2][Cl]. The van der Waals surface area contributed by atoms with Crippen molar-refractivity contribution in [1.82, 2.24) is 0 Å². The van der Waals surface area contributed by atoms with E-state index in [9.17, 15) is 0 Å². The summed E-state index contributed by atoms with van der Waals surface area (Å²) in [4.78, 5) is 1.58. The Kier molecular flexibility index (Phi) is 17.8. The summed E-state index contributed by atoms with van der Waals surface area (Å²) in [6.07, 6.45) is 16.6. The molecule has 7 heteroatoms. The van der Waals surface area contributed by atoms with Gasteiger partial charge in [0.05, 0.1) is 0 Å². The Morgan fingerprint density at radius 3 is 1.35 bits per heavy atom. The van der Waals surface area contributed by atoms with Crippen molar-refractivity contribution in [2.24, 2.45) is 58.2 Å². The van der Waals surface area contributed by atoms with Crippen molar-refractivity contribution in [2.45, 2.75) is 128 Å². The van der Waals surface area contributed by atoms with Gasteiger partial charge in [-0.2, -0.15) is 0 Å². The first-order valence-electron chi connectivity index (χ1n) is 20.2. The van der Waals surface area contributed by atoms with Gasteiger partial charge in [0.2, 0.25) is 0 Å². The number of benzene rings is 2. The van der Waals surface area contributed by atoms with E-state index in [1.54, 1.807) is 0 Å². The van der Waals surface area contributed by atoms with Crippen molar-refractivity contribution in [3.05, 3.63) is 94.6 Å². The molecule has 0 nitrogen and oxygen atoms in total. The maximum absolute atomic E-state index is 4.93.